The predicted molar refractivity (Wildman–Crippen MR) is 89.4 cm³/mol. The van der Waals surface area contributed by atoms with E-state index >= 15 is 0 Å². The molecule has 0 atom stereocenters. The number of aryl methyl sites for hydroxylation is 1. The van der Waals surface area contributed by atoms with Gasteiger partial charge in [-0.05, 0) is 48.9 Å². The summed E-state index contributed by atoms with van der Waals surface area (Å²) in [7, 11) is -4.00. The third kappa shape index (κ3) is 4.46. The van der Waals surface area contributed by atoms with Crippen molar-refractivity contribution in [3.05, 3.63) is 53.1 Å². The van der Waals surface area contributed by atoms with Crippen LogP contribution in [-0.2, 0) is 14.9 Å². The molecule has 0 spiro atoms. The van der Waals surface area contributed by atoms with E-state index in [0.717, 1.165) is 5.56 Å². The van der Waals surface area contributed by atoms with Crippen molar-refractivity contribution in [3.63, 3.8) is 0 Å². The molecule has 0 heterocycles. The van der Waals surface area contributed by atoms with Crippen LogP contribution < -0.4 is 9.50 Å². The molecule has 0 aliphatic carbocycles. The van der Waals surface area contributed by atoms with Crippen molar-refractivity contribution in [1.82, 2.24) is 0 Å². The van der Waals surface area contributed by atoms with Crippen molar-refractivity contribution in [2.45, 2.75) is 25.2 Å². The quantitative estimate of drug-likeness (QED) is 0.830. The van der Waals surface area contributed by atoms with Gasteiger partial charge in [0, 0.05) is 12.1 Å². The third-order valence-corrected chi connectivity index (χ3v) is 4.59. The van der Waals surface area contributed by atoms with E-state index in [1.54, 1.807) is 32.0 Å². The lowest BCUT2D eigenvalue weighted by molar-refractivity contribution is -0.115. The SMILES string of the molecule is CCC(=O)Nc1ccc(S(=O)(=O)Oc2cc(C)ccc2Cl)cc1. The Kier molecular flexibility index (Phi) is 5.28. The van der Waals surface area contributed by atoms with Crippen molar-refractivity contribution in [2.75, 3.05) is 5.32 Å². The highest BCUT2D eigenvalue weighted by Gasteiger charge is 2.18. The van der Waals surface area contributed by atoms with Crippen LogP contribution in [0.4, 0.5) is 5.69 Å². The fourth-order valence-electron chi connectivity index (χ4n) is 1.80. The molecule has 2 aromatic carbocycles. The van der Waals surface area contributed by atoms with Gasteiger partial charge in [0.2, 0.25) is 5.91 Å². The fourth-order valence-corrected chi connectivity index (χ4v) is 2.94. The summed E-state index contributed by atoms with van der Waals surface area (Å²) in [6, 6.07) is 10.6. The number of anilines is 1. The molecule has 0 bridgehead atoms. The minimum atomic E-state index is -4.00. The average molecular weight is 354 g/mol. The van der Waals surface area contributed by atoms with Gasteiger partial charge < -0.3 is 9.50 Å². The summed E-state index contributed by atoms with van der Waals surface area (Å²) in [4.78, 5) is 11.3. The highest BCUT2D eigenvalue weighted by atomic mass is 35.5. The Balaban J connectivity index is 2.22. The number of carbonyl (C=O) groups excluding carboxylic acids is 1. The first-order chi connectivity index (χ1) is 10.8. The van der Waals surface area contributed by atoms with Crippen molar-refractivity contribution in [2.24, 2.45) is 0 Å². The first-order valence-corrected chi connectivity index (χ1v) is 8.71. The molecule has 5 nitrogen and oxygen atoms in total. The number of halogens is 1. The Labute approximate surface area is 140 Å². The Bertz CT molecular complexity index is 816. The van der Waals surface area contributed by atoms with Gasteiger partial charge in [-0.15, -0.1) is 0 Å². The van der Waals surface area contributed by atoms with Gasteiger partial charge in [-0.1, -0.05) is 24.6 Å². The Morgan fingerprint density at radius 1 is 1.17 bits per heavy atom. The van der Waals surface area contributed by atoms with Gasteiger partial charge in [-0.3, -0.25) is 4.79 Å². The maximum atomic E-state index is 12.3. The smallest absolute Gasteiger partial charge is 0.339 e. The Morgan fingerprint density at radius 2 is 1.83 bits per heavy atom. The predicted octanol–water partition coefficient (Wildman–Crippen LogP) is 3.76. The number of benzene rings is 2. The summed E-state index contributed by atoms with van der Waals surface area (Å²) >= 11 is 5.95. The zero-order chi connectivity index (χ0) is 17.0. The average Bonchev–Trinajstić information content (AvgIpc) is 2.51. The van der Waals surface area contributed by atoms with Crippen LogP contribution >= 0.6 is 11.6 Å². The van der Waals surface area contributed by atoms with E-state index < -0.39 is 10.1 Å². The number of hydrogen-bond donors (Lipinski definition) is 1. The largest absolute Gasteiger partial charge is 0.377 e. The van der Waals surface area contributed by atoms with Gasteiger partial charge in [0.05, 0.1) is 5.02 Å². The molecule has 2 aromatic rings. The summed E-state index contributed by atoms with van der Waals surface area (Å²) in [5.74, 6) is -0.0709. The molecule has 1 amide bonds. The van der Waals surface area contributed by atoms with Crippen LogP contribution in [0.25, 0.3) is 0 Å². The fraction of sp³-hybridized carbons (Fsp3) is 0.188. The molecule has 0 aliphatic rings. The lowest BCUT2D eigenvalue weighted by atomic mass is 10.2. The van der Waals surface area contributed by atoms with Gasteiger partial charge >= 0.3 is 10.1 Å². The molecule has 0 unspecified atom stereocenters. The monoisotopic (exact) mass is 353 g/mol. The number of nitrogens with one attached hydrogen (secondary N) is 1. The van der Waals surface area contributed by atoms with Gasteiger partial charge in [-0.25, -0.2) is 0 Å². The van der Waals surface area contributed by atoms with Crippen LogP contribution in [0.15, 0.2) is 47.4 Å². The molecule has 23 heavy (non-hydrogen) atoms. The first kappa shape index (κ1) is 17.3. The summed E-state index contributed by atoms with van der Waals surface area (Å²) in [5.41, 5.74) is 1.35. The number of amides is 1. The molecular weight excluding hydrogens is 338 g/mol. The highest BCUT2D eigenvalue weighted by Crippen LogP contribution is 2.28. The summed E-state index contributed by atoms with van der Waals surface area (Å²) in [6.07, 6.45) is 0.342. The summed E-state index contributed by atoms with van der Waals surface area (Å²) in [6.45, 7) is 3.54. The lowest BCUT2D eigenvalue weighted by Gasteiger charge is -2.10. The Hall–Kier alpha value is -2.05. The second kappa shape index (κ2) is 7.02. The molecule has 0 aromatic heterocycles. The van der Waals surface area contributed by atoms with Crippen LogP contribution in [-0.4, -0.2) is 14.3 Å². The topological polar surface area (TPSA) is 72.5 Å². The second-order valence-corrected chi connectivity index (χ2v) is 6.85. The molecular formula is C16H16ClNO4S. The van der Waals surface area contributed by atoms with Crippen molar-refractivity contribution in [3.8, 4) is 5.75 Å². The van der Waals surface area contributed by atoms with Crippen molar-refractivity contribution < 1.29 is 17.4 Å². The van der Waals surface area contributed by atoms with Crippen molar-refractivity contribution in [1.29, 1.82) is 0 Å². The van der Waals surface area contributed by atoms with E-state index in [0.29, 0.717) is 12.1 Å². The maximum Gasteiger partial charge on any atom is 0.339 e. The third-order valence-electron chi connectivity index (χ3n) is 3.03. The molecule has 0 fully saturated rings. The molecule has 0 radical (unpaired) electrons. The highest BCUT2D eigenvalue weighted by molar-refractivity contribution is 7.87. The van der Waals surface area contributed by atoms with Crippen molar-refractivity contribution >= 4 is 33.3 Å². The zero-order valence-electron chi connectivity index (χ0n) is 12.7. The van der Waals surface area contributed by atoms with E-state index in [4.69, 9.17) is 15.8 Å². The van der Waals surface area contributed by atoms with E-state index in [9.17, 15) is 13.2 Å². The van der Waals surface area contributed by atoms with Gasteiger partial charge in [0.1, 0.15) is 4.90 Å². The van der Waals surface area contributed by atoms with Gasteiger partial charge in [-0.2, -0.15) is 8.42 Å². The molecule has 122 valence electrons. The maximum absolute atomic E-state index is 12.3. The number of rotatable bonds is 5. The standard InChI is InChI=1S/C16H16ClNO4S/c1-3-16(19)18-12-5-7-13(8-6-12)23(20,21)22-15-10-11(2)4-9-14(15)17/h4-10H,3H2,1-2H3,(H,18,19). The van der Waals surface area contributed by atoms with E-state index in [-0.39, 0.29) is 21.6 Å². The summed E-state index contributed by atoms with van der Waals surface area (Å²) in [5, 5.41) is 2.85. The van der Waals surface area contributed by atoms with E-state index in [2.05, 4.69) is 5.32 Å². The van der Waals surface area contributed by atoms with Crippen LogP contribution in [0.2, 0.25) is 5.02 Å². The normalized spacial score (nSPS) is 11.1. The number of carbonyl (C=O) groups is 1. The minimum absolute atomic E-state index is 0.0235. The van der Waals surface area contributed by atoms with E-state index in [1.807, 2.05) is 0 Å². The molecule has 0 aliphatic heterocycles. The van der Waals surface area contributed by atoms with Gasteiger partial charge in [0.25, 0.3) is 0 Å². The number of hydrogen-bond acceptors (Lipinski definition) is 4. The minimum Gasteiger partial charge on any atom is -0.377 e. The molecule has 1 N–H and O–H groups in total. The molecule has 0 saturated heterocycles. The second-order valence-electron chi connectivity index (χ2n) is 4.90. The zero-order valence-corrected chi connectivity index (χ0v) is 14.2. The van der Waals surface area contributed by atoms with Gasteiger partial charge in [0.15, 0.2) is 5.75 Å². The first-order valence-electron chi connectivity index (χ1n) is 6.92. The lowest BCUT2D eigenvalue weighted by Crippen LogP contribution is -2.11. The van der Waals surface area contributed by atoms with Crippen LogP contribution in [0.1, 0.15) is 18.9 Å². The molecule has 2 rings (SSSR count). The molecule has 0 saturated carbocycles. The van der Waals surface area contributed by atoms with Crippen LogP contribution in [0.3, 0.4) is 0 Å². The summed E-state index contributed by atoms with van der Waals surface area (Å²) < 4.78 is 29.7. The molecule has 7 heteroatoms. The van der Waals surface area contributed by atoms with Crippen LogP contribution in [0, 0.1) is 6.92 Å². The van der Waals surface area contributed by atoms with E-state index in [1.165, 1.54) is 24.3 Å². The van der Waals surface area contributed by atoms with Crippen LogP contribution in [0.5, 0.6) is 5.75 Å². The Morgan fingerprint density at radius 3 is 2.43 bits per heavy atom.